The Morgan fingerprint density at radius 3 is 2.39 bits per heavy atom. The third-order valence-corrected chi connectivity index (χ3v) is 12.2. The first-order valence-electron chi connectivity index (χ1n) is 18.1. The van der Waals surface area contributed by atoms with Crippen LogP contribution >= 0.6 is 0 Å². The number of fused-ring (bicyclic) bond motifs is 2. The Labute approximate surface area is 296 Å². The third-order valence-electron chi connectivity index (χ3n) is 12.2. The maximum absolute atomic E-state index is 13.4. The van der Waals surface area contributed by atoms with Gasteiger partial charge < -0.3 is 29.2 Å². The van der Waals surface area contributed by atoms with Crippen LogP contribution in [0, 0.1) is 45.3 Å². The first-order chi connectivity index (χ1) is 24.3. The van der Waals surface area contributed by atoms with Crippen LogP contribution in [0.5, 0.6) is 11.5 Å². The van der Waals surface area contributed by atoms with Crippen LogP contribution in [0.1, 0.15) is 69.1 Å². The van der Waals surface area contributed by atoms with Gasteiger partial charge in [0.15, 0.2) is 6.10 Å². The molecule has 0 aromatic heterocycles. The van der Waals surface area contributed by atoms with Gasteiger partial charge >= 0.3 is 6.18 Å². The summed E-state index contributed by atoms with van der Waals surface area (Å²) in [6.45, 7) is 6.92. The zero-order valence-corrected chi connectivity index (χ0v) is 29.2. The number of rotatable bonds is 15. The molecule has 51 heavy (non-hydrogen) atoms. The van der Waals surface area contributed by atoms with Crippen molar-refractivity contribution in [2.45, 2.75) is 71.2 Å². The van der Waals surface area contributed by atoms with E-state index in [1.165, 1.54) is 31.7 Å². The molecule has 5 fully saturated rings. The molecular formula is C39H46F3N3O6. The molecule has 4 aliphatic carbocycles. The second-order valence-electron chi connectivity index (χ2n) is 15.9. The highest BCUT2D eigenvalue weighted by Gasteiger charge is 2.76. The fourth-order valence-electron chi connectivity index (χ4n) is 10.2. The number of ether oxygens (including phenoxy) is 4. The number of nitrogens with zero attached hydrogens (tertiary/aromatic N) is 2. The van der Waals surface area contributed by atoms with Gasteiger partial charge in [-0.15, -0.1) is 0 Å². The van der Waals surface area contributed by atoms with Gasteiger partial charge in [0.05, 0.1) is 49.0 Å². The number of carbonyl (C=O) groups is 2. The minimum Gasteiger partial charge on any atom is -0.491 e. The number of alkyl halides is 3. The lowest BCUT2D eigenvalue weighted by Gasteiger charge is -2.57. The monoisotopic (exact) mass is 709 g/mol. The maximum atomic E-state index is 13.4. The number of amides is 2. The summed E-state index contributed by atoms with van der Waals surface area (Å²) in [7, 11) is 0. The standard InChI is InChI=1S/C39H46F3N3O6/c1-36(2)24-45(34(46)33(36)51-31-8-5-28(22-43)32(17-31)39(40,41)42)23-25-3-6-30(7-4-25)50-14-13-49-12-11-48-10-9-44-35(47)38-20-27-15-26-16-29(21-38)37(38,18-26)19-27/h3-8,17,26-27,29,33H,9-16,18-21,23-24H2,1-2H3,(H,44,47)/t26?,27?,29?,33-,37?,38?/m0/s1. The number of hydrogen-bond acceptors (Lipinski definition) is 7. The fraction of sp³-hybridized carbons (Fsp3) is 0.615. The average molecular weight is 710 g/mol. The highest BCUT2D eigenvalue weighted by atomic mass is 19.4. The molecule has 5 aliphatic rings. The SMILES string of the molecule is CC1(C)CN(Cc2ccc(OCCOCCOCCNC(=O)C34CC5CC6CC(C3)C4(C6)C5)cc2)C(=O)[C@@H]1Oc1ccc(C#N)c(C(F)(F)F)c1. The van der Waals surface area contributed by atoms with Crippen molar-refractivity contribution in [3.8, 4) is 17.6 Å². The largest absolute Gasteiger partial charge is 0.491 e. The summed E-state index contributed by atoms with van der Waals surface area (Å²) in [4.78, 5) is 28.2. The van der Waals surface area contributed by atoms with E-state index in [0.717, 1.165) is 48.3 Å². The van der Waals surface area contributed by atoms with Crippen LogP contribution in [0.3, 0.4) is 0 Å². The van der Waals surface area contributed by atoms with Crippen LogP contribution in [0.2, 0.25) is 0 Å². The van der Waals surface area contributed by atoms with Crippen molar-refractivity contribution >= 4 is 11.8 Å². The lowest BCUT2D eigenvalue weighted by Crippen LogP contribution is -2.60. The number of nitrogens with one attached hydrogen (secondary N) is 1. The highest BCUT2D eigenvalue weighted by molar-refractivity contribution is 5.86. The molecule has 1 N–H and O–H groups in total. The molecule has 1 aliphatic heterocycles. The van der Waals surface area contributed by atoms with Gasteiger partial charge in [0.25, 0.3) is 5.91 Å². The van der Waals surface area contributed by atoms with E-state index in [2.05, 4.69) is 5.32 Å². The molecule has 274 valence electrons. The molecule has 5 unspecified atom stereocenters. The summed E-state index contributed by atoms with van der Waals surface area (Å²) >= 11 is 0. The predicted octanol–water partition coefficient (Wildman–Crippen LogP) is 6.14. The number of carbonyl (C=O) groups excluding carboxylic acids is 2. The van der Waals surface area contributed by atoms with Gasteiger partial charge in [-0.2, -0.15) is 18.4 Å². The van der Waals surface area contributed by atoms with Crippen molar-refractivity contribution in [2.24, 2.45) is 34.0 Å². The highest BCUT2D eigenvalue weighted by Crippen LogP contribution is 2.81. The van der Waals surface area contributed by atoms with Gasteiger partial charge in [0, 0.05) is 25.0 Å². The Kier molecular flexibility index (Phi) is 9.50. The molecule has 1 saturated heterocycles. The van der Waals surface area contributed by atoms with E-state index in [0.29, 0.717) is 63.8 Å². The Balaban J connectivity index is 0.776. The smallest absolute Gasteiger partial charge is 0.417 e. The quantitative estimate of drug-likeness (QED) is 0.222. The number of benzene rings is 2. The van der Waals surface area contributed by atoms with E-state index in [1.54, 1.807) is 11.0 Å². The van der Waals surface area contributed by atoms with Gasteiger partial charge in [-0.05, 0) is 97.6 Å². The van der Waals surface area contributed by atoms with Crippen LogP contribution < -0.4 is 14.8 Å². The van der Waals surface area contributed by atoms with Crippen LogP contribution in [0.4, 0.5) is 13.2 Å². The Bertz CT molecular complexity index is 1670. The van der Waals surface area contributed by atoms with E-state index < -0.39 is 28.8 Å². The molecule has 1 heterocycles. The minimum atomic E-state index is -4.72. The van der Waals surface area contributed by atoms with E-state index in [1.807, 2.05) is 38.1 Å². The zero-order valence-electron chi connectivity index (χ0n) is 29.2. The predicted molar refractivity (Wildman–Crippen MR) is 179 cm³/mol. The van der Waals surface area contributed by atoms with E-state index >= 15 is 0 Å². The summed E-state index contributed by atoms with van der Waals surface area (Å²) in [6.07, 6.45) is 1.69. The normalized spacial score (nSPS) is 29.8. The molecule has 3 bridgehead atoms. The minimum absolute atomic E-state index is 0.104. The molecule has 9 nitrogen and oxygen atoms in total. The van der Waals surface area contributed by atoms with Crippen LogP contribution in [-0.4, -0.2) is 68.9 Å². The lowest BCUT2D eigenvalue weighted by molar-refractivity contribution is -0.161. The van der Waals surface area contributed by atoms with Crippen molar-refractivity contribution in [1.82, 2.24) is 10.2 Å². The molecule has 12 heteroatoms. The molecule has 1 spiro atoms. The Morgan fingerprint density at radius 1 is 0.941 bits per heavy atom. The molecule has 0 radical (unpaired) electrons. The molecule has 2 aromatic rings. The zero-order chi connectivity index (χ0) is 36.0. The van der Waals surface area contributed by atoms with Crippen LogP contribution in [0.25, 0.3) is 0 Å². The number of hydrogen-bond donors (Lipinski definition) is 1. The summed E-state index contributed by atoms with van der Waals surface area (Å²) in [5.74, 6) is 2.87. The number of halogens is 3. The molecule has 4 saturated carbocycles. The van der Waals surface area contributed by atoms with Gasteiger partial charge in [0.2, 0.25) is 5.91 Å². The second kappa shape index (κ2) is 13.6. The van der Waals surface area contributed by atoms with Gasteiger partial charge in [0.1, 0.15) is 18.1 Å². The van der Waals surface area contributed by atoms with Gasteiger partial charge in [-0.25, -0.2) is 0 Å². The topological polar surface area (TPSA) is 110 Å². The Hall–Kier alpha value is -3.82. The summed E-state index contributed by atoms with van der Waals surface area (Å²) in [5.41, 5.74) is -1.20. The van der Waals surface area contributed by atoms with Crippen molar-refractivity contribution < 1.29 is 41.7 Å². The summed E-state index contributed by atoms with van der Waals surface area (Å²) in [5, 5.41) is 12.3. The molecule has 2 amide bonds. The fourth-order valence-corrected chi connectivity index (χ4v) is 10.2. The van der Waals surface area contributed by atoms with Crippen molar-refractivity contribution in [1.29, 1.82) is 5.26 Å². The van der Waals surface area contributed by atoms with Gasteiger partial charge in [-0.1, -0.05) is 26.0 Å². The first-order valence-corrected chi connectivity index (χ1v) is 18.1. The third kappa shape index (κ3) is 6.68. The Morgan fingerprint density at radius 2 is 1.65 bits per heavy atom. The van der Waals surface area contributed by atoms with Crippen molar-refractivity contribution in [3.05, 3.63) is 59.2 Å². The molecule has 7 rings (SSSR count). The summed E-state index contributed by atoms with van der Waals surface area (Å²) < 4.78 is 63.3. The lowest BCUT2D eigenvalue weighted by atomic mass is 9.46. The van der Waals surface area contributed by atoms with E-state index in [4.69, 9.17) is 24.2 Å². The van der Waals surface area contributed by atoms with Crippen molar-refractivity contribution in [2.75, 3.05) is 46.1 Å². The maximum Gasteiger partial charge on any atom is 0.417 e. The van der Waals surface area contributed by atoms with E-state index in [-0.39, 0.29) is 23.0 Å². The van der Waals surface area contributed by atoms with Gasteiger partial charge in [-0.3, -0.25) is 9.59 Å². The molecule has 6 atom stereocenters. The first kappa shape index (κ1) is 35.6. The number of likely N-dealkylation sites (tertiary alicyclic amines) is 1. The second-order valence-corrected chi connectivity index (χ2v) is 15.9. The molecular weight excluding hydrogens is 663 g/mol. The van der Waals surface area contributed by atoms with Crippen LogP contribution in [0.15, 0.2) is 42.5 Å². The average Bonchev–Trinajstić information content (AvgIpc) is 3.52. The molecule has 2 aromatic carbocycles. The van der Waals surface area contributed by atoms with Crippen LogP contribution in [-0.2, 0) is 31.8 Å². The van der Waals surface area contributed by atoms with E-state index in [9.17, 15) is 22.8 Å². The summed E-state index contributed by atoms with van der Waals surface area (Å²) in [6, 6.07) is 12.0. The number of nitriles is 1. The van der Waals surface area contributed by atoms with Crippen molar-refractivity contribution in [3.63, 3.8) is 0 Å².